The quantitative estimate of drug-likeness (QED) is 0.380. The Balaban J connectivity index is 1.69. The molecule has 0 aromatic carbocycles. The molecule has 1 saturated carbocycles. The van der Waals surface area contributed by atoms with Gasteiger partial charge in [0.05, 0.1) is 0 Å². The van der Waals surface area contributed by atoms with Crippen molar-refractivity contribution < 1.29 is 5.21 Å². The molecule has 3 N–H and O–H groups in total. The summed E-state index contributed by atoms with van der Waals surface area (Å²) in [5.41, 5.74) is 6.98. The summed E-state index contributed by atoms with van der Waals surface area (Å²) in [4.78, 5) is 6.77. The molecule has 1 aliphatic carbocycles. The van der Waals surface area contributed by atoms with Crippen molar-refractivity contribution in [2.24, 2.45) is 16.3 Å². The van der Waals surface area contributed by atoms with Gasteiger partial charge in [-0.15, -0.1) is 0 Å². The zero-order valence-electron chi connectivity index (χ0n) is 12.5. The predicted molar refractivity (Wildman–Crippen MR) is 83.7 cm³/mol. The van der Waals surface area contributed by atoms with Crippen LogP contribution in [-0.4, -0.2) is 29.1 Å². The molecule has 0 amide bonds. The second kappa shape index (κ2) is 5.92. The number of nitrogens with two attached hydrogens (primary N) is 1. The molecule has 2 aliphatic rings. The highest BCUT2D eigenvalue weighted by molar-refractivity contribution is 5.97. The summed E-state index contributed by atoms with van der Waals surface area (Å²) in [6, 6.07) is 3.68. The first-order valence-electron chi connectivity index (χ1n) is 7.91. The van der Waals surface area contributed by atoms with Crippen molar-refractivity contribution in [2.75, 3.05) is 18.0 Å². The van der Waals surface area contributed by atoms with Gasteiger partial charge >= 0.3 is 0 Å². The number of anilines is 1. The molecule has 2 fully saturated rings. The third kappa shape index (κ3) is 2.96. The number of oxime groups is 1. The molecular weight excluding hydrogens is 264 g/mol. The fourth-order valence-corrected chi connectivity index (χ4v) is 3.82. The Hall–Kier alpha value is -1.78. The van der Waals surface area contributed by atoms with E-state index in [1.54, 1.807) is 12.3 Å². The third-order valence-electron chi connectivity index (χ3n) is 5.21. The predicted octanol–water partition coefficient (Wildman–Crippen LogP) is 2.73. The van der Waals surface area contributed by atoms with E-state index in [0.29, 0.717) is 5.41 Å². The molecule has 5 heteroatoms. The van der Waals surface area contributed by atoms with Crippen LogP contribution in [0.4, 0.5) is 5.82 Å². The molecule has 5 nitrogen and oxygen atoms in total. The number of piperidine rings is 1. The number of hydrogen-bond donors (Lipinski definition) is 2. The Bertz CT molecular complexity index is 513. The molecule has 0 unspecified atom stereocenters. The number of pyridine rings is 1. The number of hydrogen-bond acceptors (Lipinski definition) is 4. The number of amidine groups is 1. The molecule has 0 atom stereocenters. The van der Waals surface area contributed by atoms with E-state index in [9.17, 15) is 0 Å². The Labute approximate surface area is 125 Å². The van der Waals surface area contributed by atoms with E-state index in [4.69, 9.17) is 10.9 Å². The Morgan fingerprint density at radius 2 is 1.90 bits per heavy atom. The maximum Gasteiger partial charge on any atom is 0.170 e. The van der Waals surface area contributed by atoms with Crippen molar-refractivity contribution in [3.8, 4) is 0 Å². The van der Waals surface area contributed by atoms with Crippen LogP contribution >= 0.6 is 0 Å². The van der Waals surface area contributed by atoms with Crippen molar-refractivity contribution in [3.05, 3.63) is 23.9 Å². The molecule has 1 spiro atoms. The summed E-state index contributed by atoms with van der Waals surface area (Å²) in [5.74, 6) is 1.07. The normalized spacial score (nSPS) is 22.5. The monoisotopic (exact) mass is 288 g/mol. The van der Waals surface area contributed by atoms with Gasteiger partial charge in [-0.05, 0) is 43.2 Å². The van der Waals surface area contributed by atoms with Crippen LogP contribution in [0.15, 0.2) is 23.5 Å². The second-order valence-corrected chi connectivity index (χ2v) is 6.44. The SMILES string of the molecule is NC(=NO)c1ccnc(N2CCC3(CCCCC3)CC2)c1. The Kier molecular flexibility index (Phi) is 3.99. The summed E-state index contributed by atoms with van der Waals surface area (Å²) in [5, 5.41) is 11.8. The highest BCUT2D eigenvalue weighted by Crippen LogP contribution is 2.44. The topological polar surface area (TPSA) is 74.7 Å². The molecule has 2 heterocycles. The van der Waals surface area contributed by atoms with Crippen LogP contribution in [0.2, 0.25) is 0 Å². The van der Waals surface area contributed by atoms with Crippen molar-refractivity contribution in [3.63, 3.8) is 0 Å². The molecule has 0 bridgehead atoms. The molecule has 1 aromatic rings. The van der Waals surface area contributed by atoms with Gasteiger partial charge in [0.2, 0.25) is 0 Å². The largest absolute Gasteiger partial charge is 0.409 e. The van der Waals surface area contributed by atoms with Crippen molar-refractivity contribution in [2.45, 2.75) is 44.9 Å². The van der Waals surface area contributed by atoms with Crippen LogP contribution in [0.5, 0.6) is 0 Å². The van der Waals surface area contributed by atoms with Gasteiger partial charge in [-0.1, -0.05) is 24.4 Å². The van der Waals surface area contributed by atoms with Gasteiger partial charge in [0.15, 0.2) is 5.84 Å². The smallest absolute Gasteiger partial charge is 0.170 e. The molecule has 1 aliphatic heterocycles. The van der Waals surface area contributed by atoms with Crippen molar-refractivity contribution in [1.82, 2.24) is 4.98 Å². The maximum atomic E-state index is 8.78. The summed E-state index contributed by atoms with van der Waals surface area (Å²) < 4.78 is 0. The Morgan fingerprint density at radius 1 is 1.19 bits per heavy atom. The van der Waals surface area contributed by atoms with Crippen LogP contribution in [0.1, 0.15) is 50.5 Å². The van der Waals surface area contributed by atoms with E-state index in [1.807, 2.05) is 6.07 Å². The van der Waals surface area contributed by atoms with Gasteiger partial charge < -0.3 is 15.8 Å². The van der Waals surface area contributed by atoms with E-state index < -0.39 is 0 Å². The van der Waals surface area contributed by atoms with E-state index in [1.165, 1.54) is 44.9 Å². The fraction of sp³-hybridized carbons (Fsp3) is 0.625. The standard InChI is InChI=1S/C16H24N4O/c17-15(19-21)13-4-9-18-14(12-13)20-10-7-16(8-11-20)5-2-1-3-6-16/h4,9,12,21H,1-3,5-8,10-11H2,(H2,17,19). The number of rotatable bonds is 2. The molecular formula is C16H24N4O. The zero-order chi connectivity index (χ0) is 14.7. The first-order chi connectivity index (χ1) is 10.2. The van der Waals surface area contributed by atoms with Crippen LogP contribution in [-0.2, 0) is 0 Å². The fourth-order valence-electron chi connectivity index (χ4n) is 3.82. The first-order valence-corrected chi connectivity index (χ1v) is 7.91. The van der Waals surface area contributed by atoms with Gasteiger partial charge in [-0.3, -0.25) is 0 Å². The Morgan fingerprint density at radius 3 is 2.57 bits per heavy atom. The van der Waals surface area contributed by atoms with Gasteiger partial charge in [-0.2, -0.15) is 0 Å². The van der Waals surface area contributed by atoms with E-state index in [2.05, 4.69) is 15.0 Å². The van der Waals surface area contributed by atoms with Gasteiger partial charge in [0.1, 0.15) is 5.82 Å². The lowest BCUT2D eigenvalue weighted by Gasteiger charge is -2.44. The summed E-state index contributed by atoms with van der Waals surface area (Å²) in [7, 11) is 0. The second-order valence-electron chi connectivity index (χ2n) is 6.44. The molecule has 21 heavy (non-hydrogen) atoms. The number of aromatic nitrogens is 1. The molecule has 1 aromatic heterocycles. The van der Waals surface area contributed by atoms with Gasteiger partial charge in [0.25, 0.3) is 0 Å². The van der Waals surface area contributed by atoms with Gasteiger partial charge in [-0.25, -0.2) is 4.98 Å². The minimum Gasteiger partial charge on any atom is -0.409 e. The minimum atomic E-state index is 0.138. The van der Waals surface area contributed by atoms with Crippen LogP contribution in [0.3, 0.4) is 0 Å². The average molecular weight is 288 g/mol. The lowest BCUT2D eigenvalue weighted by atomic mass is 9.68. The molecule has 1 saturated heterocycles. The van der Waals surface area contributed by atoms with Crippen LogP contribution in [0, 0.1) is 5.41 Å². The lowest BCUT2D eigenvalue weighted by molar-refractivity contribution is 0.144. The zero-order valence-corrected chi connectivity index (χ0v) is 12.5. The molecule has 0 radical (unpaired) electrons. The van der Waals surface area contributed by atoms with Crippen LogP contribution < -0.4 is 10.6 Å². The third-order valence-corrected chi connectivity index (χ3v) is 5.21. The summed E-state index contributed by atoms with van der Waals surface area (Å²) in [6.45, 7) is 2.12. The van der Waals surface area contributed by atoms with Crippen molar-refractivity contribution >= 4 is 11.7 Å². The summed E-state index contributed by atoms with van der Waals surface area (Å²) >= 11 is 0. The highest BCUT2D eigenvalue weighted by Gasteiger charge is 2.35. The lowest BCUT2D eigenvalue weighted by Crippen LogP contribution is -2.41. The van der Waals surface area contributed by atoms with E-state index >= 15 is 0 Å². The number of nitrogens with zero attached hydrogens (tertiary/aromatic N) is 3. The minimum absolute atomic E-state index is 0.138. The van der Waals surface area contributed by atoms with Crippen molar-refractivity contribution in [1.29, 1.82) is 0 Å². The summed E-state index contributed by atoms with van der Waals surface area (Å²) in [6.07, 6.45) is 11.3. The maximum absolute atomic E-state index is 8.78. The van der Waals surface area contributed by atoms with Crippen LogP contribution in [0.25, 0.3) is 0 Å². The average Bonchev–Trinajstić information content (AvgIpc) is 2.56. The first kappa shape index (κ1) is 14.2. The van der Waals surface area contributed by atoms with E-state index in [-0.39, 0.29) is 5.84 Å². The molecule has 3 rings (SSSR count). The van der Waals surface area contributed by atoms with E-state index in [0.717, 1.165) is 24.5 Å². The van der Waals surface area contributed by atoms with Gasteiger partial charge in [0, 0.05) is 24.8 Å². The highest BCUT2D eigenvalue weighted by atomic mass is 16.4. The molecule has 114 valence electrons.